The van der Waals surface area contributed by atoms with Crippen molar-refractivity contribution in [2.24, 2.45) is 4.99 Å². The number of fused-ring (bicyclic) bond motifs is 9. The average molecular weight is 449 g/mol. The third-order valence-electron chi connectivity index (χ3n) is 8.20. The maximum Gasteiger partial charge on any atom is 0.0682 e. The van der Waals surface area contributed by atoms with Crippen LogP contribution in [0.4, 0.5) is 5.69 Å². The largest absolute Gasteiger partial charge is 0.309 e. The molecule has 0 amide bonds. The van der Waals surface area contributed by atoms with Crippen LogP contribution in [0.2, 0.25) is 0 Å². The number of rotatable bonds is 1. The van der Waals surface area contributed by atoms with Crippen molar-refractivity contribution in [1.29, 1.82) is 0 Å². The van der Waals surface area contributed by atoms with E-state index in [1.54, 1.807) is 0 Å². The van der Waals surface area contributed by atoms with Crippen molar-refractivity contribution in [3.63, 3.8) is 0 Å². The third-order valence-corrected chi connectivity index (χ3v) is 8.20. The molecule has 6 aromatic rings. The van der Waals surface area contributed by atoms with Gasteiger partial charge >= 0.3 is 0 Å². The van der Waals surface area contributed by atoms with Crippen molar-refractivity contribution in [3.05, 3.63) is 108 Å². The van der Waals surface area contributed by atoms with Gasteiger partial charge < -0.3 is 4.57 Å². The summed E-state index contributed by atoms with van der Waals surface area (Å²) in [7, 11) is 0. The van der Waals surface area contributed by atoms with Crippen molar-refractivity contribution in [2.75, 3.05) is 0 Å². The predicted octanol–water partition coefficient (Wildman–Crippen LogP) is 8.50. The highest BCUT2D eigenvalue weighted by atomic mass is 15.0. The van der Waals surface area contributed by atoms with Gasteiger partial charge in [-0.2, -0.15) is 0 Å². The topological polar surface area (TPSA) is 17.3 Å². The van der Waals surface area contributed by atoms with E-state index >= 15 is 0 Å². The molecule has 2 nitrogen and oxygen atoms in total. The van der Waals surface area contributed by atoms with E-state index in [4.69, 9.17) is 0 Å². The molecule has 5 aromatic carbocycles. The third kappa shape index (κ3) is 2.37. The molecule has 35 heavy (non-hydrogen) atoms. The van der Waals surface area contributed by atoms with Crippen molar-refractivity contribution < 1.29 is 0 Å². The van der Waals surface area contributed by atoms with Crippen LogP contribution in [-0.2, 0) is 11.8 Å². The lowest BCUT2D eigenvalue weighted by atomic mass is 9.81. The van der Waals surface area contributed by atoms with Gasteiger partial charge in [0.1, 0.15) is 0 Å². The molecule has 0 saturated carbocycles. The zero-order valence-corrected chi connectivity index (χ0v) is 19.8. The minimum absolute atomic E-state index is 0.116. The highest BCUT2D eigenvalue weighted by Gasteiger charge is 2.39. The predicted molar refractivity (Wildman–Crippen MR) is 148 cm³/mol. The van der Waals surface area contributed by atoms with Gasteiger partial charge in [-0.05, 0) is 63.4 Å². The normalized spacial score (nSPS) is 15.1. The van der Waals surface area contributed by atoms with Crippen LogP contribution in [0.3, 0.4) is 0 Å². The van der Waals surface area contributed by atoms with Gasteiger partial charge in [0.05, 0.1) is 22.4 Å². The zero-order valence-electron chi connectivity index (χ0n) is 19.8. The number of benzene rings is 5. The lowest BCUT2D eigenvalue weighted by Gasteiger charge is -2.24. The summed E-state index contributed by atoms with van der Waals surface area (Å²) in [5.74, 6) is 0. The van der Waals surface area contributed by atoms with Gasteiger partial charge in [0.2, 0.25) is 0 Å². The van der Waals surface area contributed by atoms with Crippen molar-refractivity contribution in [2.45, 2.75) is 25.7 Å². The van der Waals surface area contributed by atoms with E-state index in [9.17, 15) is 0 Å². The van der Waals surface area contributed by atoms with Gasteiger partial charge in [-0.3, -0.25) is 4.99 Å². The lowest BCUT2D eigenvalue weighted by Crippen LogP contribution is -2.16. The fourth-order valence-corrected chi connectivity index (χ4v) is 6.62. The van der Waals surface area contributed by atoms with E-state index in [0.29, 0.717) is 0 Å². The number of para-hydroxylation sites is 1. The average Bonchev–Trinajstić information content (AvgIpc) is 3.55. The van der Waals surface area contributed by atoms with E-state index in [2.05, 4.69) is 114 Å². The maximum absolute atomic E-state index is 4.66. The molecule has 166 valence electrons. The van der Waals surface area contributed by atoms with Crippen LogP contribution < -0.4 is 0 Å². The summed E-state index contributed by atoms with van der Waals surface area (Å²) in [6, 6.07) is 33.6. The lowest BCUT2D eigenvalue weighted by molar-refractivity contribution is 0.664. The first kappa shape index (κ1) is 19.2. The molecule has 1 aromatic heterocycles. The van der Waals surface area contributed by atoms with Gasteiger partial charge in [-0.15, -0.1) is 0 Å². The van der Waals surface area contributed by atoms with Gasteiger partial charge in [0.25, 0.3) is 0 Å². The summed E-state index contributed by atoms with van der Waals surface area (Å²) in [5, 5.41) is 5.23. The van der Waals surface area contributed by atoms with E-state index in [0.717, 1.165) is 12.1 Å². The maximum atomic E-state index is 4.66. The van der Waals surface area contributed by atoms with Crippen LogP contribution in [0.5, 0.6) is 0 Å². The molecular formula is C33H24N2. The number of nitrogens with zero attached hydrogens (tertiary/aromatic N) is 2. The Morgan fingerprint density at radius 1 is 0.743 bits per heavy atom. The number of aromatic nitrogens is 1. The minimum Gasteiger partial charge on any atom is -0.309 e. The Morgan fingerprint density at radius 3 is 2.43 bits per heavy atom. The number of hydrogen-bond donors (Lipinski definition) is 0. The highest BCUT2D eigenvalue weighted by Crippen LogP contribution is 2.54. The summed E-state index contributed by atoms with van der Waals surface area (Å²) in [6.07, 6.45) is 2.92. The number of aliphatic imine (C=N–C) groups is 1. The highest BCUT2D eigenvalue weighted by molar-refractivity contribution is 6.13. The summed E-state index contributed by atoms with van der Waals surface area (Å²) in [6.45, 7) is 4.79. The van der Waals surface area contributed by atoms with Crippen molar-refractivity contribution in [3.8, 4) is 16.8 Å². The molecule has 2 heterocycles. The Hall–Kier alpha value is -4.17. The van der Waals surface area contributed by atoms with Crippen LogP contribution in [0.15, 0.2) is 96.0 Å². The molecule has 0 atom stereocenters. The fraction of sp³-hybridized carbons (Fsp3) is 0.121. The molecule has 0 bridgehead atoms. The Morgan fingerprint density at radius 2 is 1.54 bits per heavy atom. The Balaban J connectivity index is 1.56. The first-order valence-corrected chi connectivity index (χ1v) is 12.4. The summed E-state index contributed by atoms with van der Waals surface area (Å²) in [5.41, 5.74) is 11.7. The van der Waals surface area contributed by atoms with E-state index in [1.807, 2.05) is 6.21 Å². The standard InChI is InChI=1S/C33H24N2/c1-33(2)27-19-21-9-4-3-8-20(21)18-26(27)23-14-15-24-22-10-5-6-12-29(22)35(32(24)31(23)33)30-13-7-11-28-25(30)16-17-34-28/h3-15,17-19H,16H2,1-2H3. The van der Waals surface area contributed by atoms with Crippen LogP contribution in [0, 0.1) is 0 Å². The van der Waals surface area contributed by atoms with Crippen molar-refractivity contribution >= 4 is 44.5 Å². The number of hydrogen-bond acceptors (Lipinski definition) is 1. The molecule has 8 rings (SSSR count). The second-order valence-corrected chi connectivity index (χ2v) is 10.4. The molecule has 1 aliphatic heterocycles. The first-order valence-electron chi connectivity index (χ1n) is 12.4. The molecule has 0 radical (unpaired) electrons. The minimum atomic E-state index is -0.116. The summed E-state index contributed by atoms with van der Waals surface area (Å²) < 4.78 is 2.52. The molecule has 0 saturated heterocycles. The molecular weight excluding hydrogens is 424 g/mol. The Labute approximate surface area is 204 Å². The monoisotopic (exact) mass is 448 g/mol. The van der Waals surface area contributed by atoms with E-state index < -0.39 is 0 Å². The SMILES string of the molecule is CC1(C)c2cc3ccccc3cc2-c2ccc3c4ccccc4n(-c4cccc5c4CC=N5)c3c21. The van der Waals surface area contributed by atoms with Gasteiger partial charge in [-0.25, -0.2) is 0 Å². The fourth-order valence-electron chi connectivity index (χ4n) is 6.62. The summed E-state index contributed by atoms with van der Waals surface area (Å²) in [4.78, 5) is 4.66. The zero-order chi connectivity index (χ0) is 23.3. The molecule has 0 N–H and O–H groups in total. The van der Waals surface area contributed by atoms with E-state index in [1.165, 1.54) is 66.1 Å². The first-order chi connectivity index (χ1) is 17.1. The smallest absolute Gasteiger partial charge is 0.0682 e. The van der Waals surface area contributed by atoms with Crippen LogP contribution in [0.25, 0.3) is 49.4 Å². The Bertz CT molecular complexity index is 1900. The molecule has 0 unspecified atom stereocenters. The quantitative estimate of drug-likeness (QED) is 0.240. The summed E-state index contributed by atoms with van der Waals surface area (Å²) >= 11 is 0. The van der Waals surface area contributed by atoms with Gasteiger partial charge in [-0.1, -0.05) is 74.5 Å². The van der Waals surface area contributed by atoms with Crippen LogP contribution >= 0.6 is 0 Å². The van der Waals surface area contributed by atoms with Gasteiger partial charge in [0.15, 0.2) is 0 Å². The van der Waals surface area contributed by atoms with E-state index in [-0.39, 0.29) is 5.41 Å². The van der Waals surface area contributed by atoms with Crippen LogP contribution in [0.1, 0.15) is 30.5 Å². The molecule has 1 aliphatic carbocycles. The molecule has 2 heteroatoms. The molecule has 0 spiro atoms. The second-order valence-electron chi connectivity index (χ2n) is 10.4. The Kier molecular flexibility index (Phi) is 3.55. The van der Waals surface area contributed by atoms with Gasteiger partial charge in [0, 0.05) is 34.4 Å². The molecule has 2 aliphatic rings. The second kappa shape index (κ2) is 6.49. The molecule has 0 fully saturated rings. The van der Waals surface area contributed by atoms with Crippen molar-refractivity contribution in [1.82, 2.24) is 4.57 Å². The van der Waals surface area contributed by atoms with Crippen LogP contribution in [-0.4, -0.2) is 10.8 Å².